The molecule has 0 N–H and O–H groups in total. The van der Waals surface area contributed by atoms with E-state index in [2.05, 4.69) is 0 Å². The number of rotatable bonds is 6. The molecule has 8 heteroatoms. The summed E-state index contributed by atoms with van der Waals surface area (Å²) in [6, 6.07) is 13.4. The number of methoxy groups -OCH3 is 2. The first-order chi connectivity index (χ1) is 13.9. The number of non-ortho nitro benzene ring substituents is 1. The number of benzene rings is 2. The molecule has 0 amide bonds. The van der Waals surface area contributed by atoms with Gasteiger partial charge in [0.1, 0.15) is 0 Å². The van der Waals surface area contributed by atoms with E-state index in [1.807, 2.05) is 42.1 Å². The van der Waals surface area contributed by atoms with Crippen LogP contribution in [0, 0.1) is 16.0 Å². The second-order valence-electron chi connectivity index (χ2n) is 6.56. The lowest BCUT2D eigenvalue weighted by Crippen LogP contribution is -2.33. The third-order valence-electron chi connectivity index (χ3n) is 4.97. The summed E-state index contributed by atoms with van der Waals surface area (Å²) >= 11 is 0. The predicted molar refractivity (Wildman–Crippen MR) is 105 cm³/mol. The molecule has 0 fully saturated rings. The lowest BCUT2D eigenvalue weighted by molar-refractivity contribution is -0.384. The Bertz CT molecular complexity index is 1050. The smallest absolute Gasteiger partial charge is 0.321 e. The van der Waals surface area contributed by atoms with Gasteiger partial charge in [-0.2, -0.15) is 0 Å². The summed E-state index contributed by atoms with van der Waals surface area (Å²) in [4.78, 5) is 35.7. The summed E-state index contributed by atoms with van der Waals surface area (Å²) in [5.74, 6) is -3.50. The molecule has 0 aliphatic carbocycles. The summed E-state index contributed by atoms with van der Waals surface area (Å²) in [6.45, 7) is 0. The molecular weight excluding hydrogens is 376 g/mol. The molecular formula is C21H20N2O6. The van der Waals surface area contributed by atoms with Crippen LogP contribution in [-0.4, -0.2) is 35.6 Å². The number of esters is 2. The van der Waals surface area contributed by atoms with Crippen LogP contribution in [0.2, 0.25) is 0 Å². The fourth-order valence-electron chi connectivity index (χ4n) is 3.60. The molecule has 0 spiro atoms. The van der Waals surface area contributed by atoms with Crippen molar-refractivity contribution in [1.82, 2.24) is 4.57 Å². The van der Waals surface area contributed by atoms with E-state index in [1.54, 1.807) is 12.1 Å². The highest BCUT2D eigenvalue weighted by molar-refractivity contribution is 5.98. The first-order valence-corrected chi connectivity index (χ1v) is 8.83. The van der Waals surface area contributed by atoms with Gasteiger partial charge in [0, 0.05) is 42.2 Å². The molecule has 1 unspecified atom stereocenters. The van der Waals surface area contributed by atoms with Gasteiger partial charge in [-0.1, -0.05) is 30.3 Å². The Morgan fingerprint density at radius 1 is 1.00 bits per heavy atom. The van der Waals surface area contributed by atoms with Gasteiger partial charge in [-0.25, -0.2) is 0 Å². The van der Waals surface area contributed by atoms with Gasteiger partial charge in [-0.3, -0.25) is 19.7 Å². The molecule has 0 radical (unpaired) electrons. The van der Waals surface area contributed by atoms with Crippen LogP contribution in [0.3, 0.4) is 0 Å². The second kappa shape index (κ2) is 8.14. The van der Waals surface area contributed by atoms with Crippen molar-refractivity contribution < 1.29 is 24.0 Å². The first kappa shape index (κ1) is 20.1. The number of para-hydroxylation sites is 1. The van der Waals surface area contributed by atoms with E-state index in [9.17, 15) is 19.7 Å². The zero-order valence-electron chi connectivity index (χ0n) is 16.2. The maximum absolute atomic E-state index is 12.6. The number of carbonyl (C=O) groups excluding carboxylic acids is 2. The second-order valence-corrected chi connectivity index (χ2v) is 6.56. The van der Waals surface area contributed by atoms with Gasteiger partial charge in [0.15, 0.2) is 5.92 Å². The van der Waals surface area contributed by atoms with Crippen LogP contribution < -0.4 is 0 Å². The number of nitro groups is 1. The monoisotopic (exact) mass is 396 g/mol. The van der Waals surface area contributed by atoms with Crippen LogP contribution in [-0.2, 0) is 26.1 Å². The molecule has 3 aromatic rings. The number of carbonyl (C=O) groups is 2. The lowest BCUT2D eigenvalue weighted by Gasteiger charge is -2.24. The molecule has 3 rings (SSSR count). The number of hydrogen-bond acceptors (Lipinski definition) is 6. The molecule has 1 atom stereocenters. The highest BCUT2D eigenvalue weighted by Gasteiger charge is 2.40. The lowest BCUT2D eigenvalue weighted by atomic mass is 9.80. The van der Waals surface area contributed by atoms with Gasteiger partial charge in [-0.15, -0.1) is 0 Å². The average molecular weight is 396 g/mol. The van der Waals surface area contributed by atoms with Crippen LogP contribution in [0.4, 0.5) is 5.69 Å². The van der Waals surface area contributed by atoms with Crippen LogP contribution in [0.1, 0.15) is 17.0 Å². The Balaban J connectivity index is 2.26. The molecule has 0 saturated heterocycles. The Labute approximate surface area is 166 Å². The predicted octanol–water partition coefficient (Wildman–Crippen LogP) is 3.18. The minimum atomic E-state index is -1.27. The molecule has 150 valence electrons. The van der Waals surface area contributed by atoms with Gasteiger partial charge in [-0.05, 0) is 17.2 Å². The van der Waals surface area contributed by atoms with E-state index in [-0.39, 0.29) is 5.69 Å². The van der Waals surface area contributed by atoms with Crippen molar-refractivity contribution in [3.05, 3.63) is 76.0 Å². The molecule has 1 heterocycles. The van der Waals surface area contributed by atoms with E-state index >= 15 is 0 Å². The minimum absolute atomic E-state index is 0.0851. The summed E-state index contributed by atoms with van der Waals surface area (Å²) in [5.41, 5.74) is 2.12. The maximum atomic E-state index is 12.6. The van der Waals surface area contributed by atoms with Gasteiger partial charge in [0.25, 0.3) is 5.69 Å². The molecule has 8 nitrogen and oxygen atoms in total. The maximum Gasteiger partial charge on any atom is 0.321 e. The molecule has 0 aliphatic rings. The van der Waals surface area contributed by atoms with E-state index in [4.69, 9.17) is 9.47 Å². The van der Waals surface area contributed by atoms with Crippen molar-refractivity contribution in [3.8, 4) is 0 Å². The van der Waals surface area contributed by atoms with E-state index in [0.717, 1.165) is 16.5 Å². The number of nitro benzene ring substituents is 1. The molecule has 0 aliphatic heterocycles. The largest absolute Gasteiger partial charge is 0.468 e. The Morgan fingerprint density at radius 3 is 2.14 bits per heavy atom. The summed E-state index contributed by atoms with van der Waals surface area (Å²) in [6.07, 6.45) is 1.84. The van der Waals surface area contributed by atoms with Gasteiger partial charge in [0.05, 0.1) is 19.1 Å². The number of ether oxygens (including phenoxy) is 2. The highest BCUT2D eigenvalue weighted by Crippen LogP contribution is 2.39. The van der Waals surface area contributed by atoms with E-state index < -0.39 is 28.7 Å². The van der Waals surface area contributed by atoms with Crippen molar-refractivity contribution >= 4 is 28.5 Å². The first-order valence-electron chi connectivity index (χ1n) is 8.83. The van der Waals surface area contributed by atoms with E-state index in [1.165, 1.54) is 26.4 Å². The van der Waals surface area contributed by atoms with Gasteiger partial charge >= 0.3 is 11.9 Å². The number of nitrogens with zero attached hydrogens (tertiary/aromatic N) is 2. The Morgan fingerprint density at radius 2 is 1.59 bits per heavy atom. The SMILES string of the molecule is COC(=O)C(C(=O)OC)C(c1ccc([N+](=O)[O-])cc1)c1cn(C)c2ccccc12. The molecule has 0 bridgehead atoms. The molecule has 0 saturated carbocycles. The topological polar surface area (TPSA) is 101 Å². The van der Waals surface area contributed by atoms with Crippen LogP contribution in [0.25, 0.3) is 10.9 Å². The molecule has 1 aromatic heterocycles. The third-order valence-corrected chi connectivity index (χ3v) is 4.97. The highest BCUT2D eigenvalue weighted by atomic mass is 16.6. The third kappa shape index (κ3) is 3.69. The van der Waals surface area contributed by atoms with Crippen molar-refractivity contribution in [1.29, 1.82) is 0 Å². The van der Waals surface area contributed by atoms with Crippen molar-refractivity contribution in [2.24, 2.45) is 13.0 Å². The van der Waals surface area contributed by atoms with Crippen LogP contribution >= 0.6 is 0 Å². The van der Waals surface area contributed by atoms with Crippen molar-refractivity contribution in [3.63, 3.8) is 0 Å². The van der Waals surface area contributed by atoms with Crippen molar-refractivity contribution in [2.75, 3.05) is 14.2 Å². The van der Waals surface area contributed by atoms with Crippen LogP contribution in [0.15, 0.2) is 54.7 Å². The number of hydrogen-bond donors (Lipinski definition) is 0. The zero-order chi connectivity index (χ0) is 21.1. The number of fused-ring (bicyclic) bond motifs is 1. The van der Waals surface area contributed by atoms with Crippen molar-refractivity contribution in [2.45, 2.75) is 5.92 Å². The average Bonchev–Trinajstić information content (AvgIpc) is 3.07. The quantitative estimate of drug-likeness (QED) is 0.275. The van der Waals surface area contributed by atoms with Gasteiger partial charge in [0.2, 0.25) is 0 Å². The van der Waals surface area contributed by atoms with E-state index in [0.29, 0.717) is 5.56 Å². The standard InChI is InChI=1S/C21H20N2O6/c1-22-12-16(15-6-4-5-7-17(15)22)18(19(20(24)28-2)21(25)29-3)13-8-10-14(11-9-13)23(26)27/h4-12,18-19H,1-3H3. The zero-order valence-corrected chi connectivity index (χ0v) is 16.2. The normalized spacial score (nSPS) is 12.0. The Hall–Kier alpha value is -3.68. The summed E-state index contributed by atoms with van der Waals surface area (Å²) in [7, 11) is 4.27. The summed E-state index contributed by atoms with van der Waals surface area (Å²) in [5, 5.41) is 11.9. The summed E-state index contributed by atoms with van der Waals surface area (Å²) < 4.78 is 11.7. The fraction of sp³-hybridized carbons (Fsp3) is 0.238. The van der Waals surface area contributed by atoms with Crippen LogP contribution in [0.5, 0.6) is 0 Å². The number of aryl methyl sites for hydroxylation is 1. The van der Waals surface area contributed by atoms with Gasteiger partial charge < -0.3 is 14.0 Å². The molecule has 29 heavy (non-hydrogen) atoms. The molecule has 2 aromatic carbocycles. The number of aromatic nitrogens is 1. The minimum Gasteiger partial charge on any atom is -0.468 e. The Kier molecular flexibility index (Phi) is 5.63. The fourth-order valence-corrected chi connectivity index (χ4v) is 3.60.